The van der Waals surface area contributed by atoms with Crippen molar-refractivity contribution in [1.82, 2.24) is 5.32 Å². The number of nitrogens with two attached hydrogens (primary N) is 1. The van der Waals surface area contributed by atoms with Crippen LogP contribution in [-0.2, 0) is 4.79 Å². The van der Waals surface area contributed by atoms with Crippen molar-refractivity contribution in [2.75, 3.05) is 13.1 Å². The Hall–Kier alpha value is -0.610. The van der Waals surface area contributed by atoms with E-state index in [-0.39, 0.29) is 5.91 Å². The van der Waals surface area contributed by atoms with Gasteiger partial charge in [0.2, 0.25) is 5.91 Å². The summed E-state index contributed by atoms with van der Waals surface area (Å²) in [5, 5.41) is 12.7. The Kier molecular flexibility index (Phi) is 7.34. The fraction of sp³-hybridized carbons (Fsp3) is 0.909. The molecule has 0 aromatic heterocycles. The molecular formula is C11H24N2O2. The molecule has 0 rings (SSSR count). The van der Waals surface area contributed by atoms with Gasteiger partial charge in [-0.2, -0.15) is 0 Å². The van der Waals surface area contributed by atoms with E-state index in [1.165, 1.54) is 0 Å². The van der Waals surface area contributed by atoms with Crippen LogP contribution >= 0.6 is 0 Å². The van der Waals surface area contributed by atoms with Gasteiger partial charge in [0.25, 0.3) is 0 Å². The molecule has 0 atom stereocenters. The Morgan fingerprint density at radius 1 is 1.33 bits per heavy atom. The van der Waals surface area contributed by atoms with E-state index in [9.17, 15) is 9.90 Å². The molecule has 1 amide bonds. The molecule has 0 unspecified atom stereocenters. The fourth-order valence-electron chi connectivity index (χ4n) is 1.28. The van der Waals surface area contributed by atoms with Crippen molar-refractivity contribution in [3.05, 3.63) is 0 Å². The molecule has 90 valence electrons. The number of nitrogens with one attached hydrogen (secondary N) is 1. The smallest absolute Gasteiger partial charge is 0.220 e. The van der Waals surface area contributed by atoms with Gasteiger partial charge in [0.05, 0.1) is 5.60 Å². The van der Waals surface area contributed by atoms with E-state index < -0.39 is 5.60 Å². The third-order valence-corrected chi connectivity index (χ3v) is 2.79. The minimum Gasteiger partial charge on any atom is -0.388 e. The van der Waals surface area contributed by atoms with Crippen LogP contribution in [0, 0.1) is 0 Å². The van der Waals surface area contributed by atoms with Crippen molar-refractivity contribution in [2.24, 2.45) is 5.73 Å². The van der Waals surface area contributed by atoms with Crippen molar-refractivity contribution >= 4 is 5.91 Å². The molecule has 0 aromatic rings. The van der Waals surface area contributed by atoms with E-state index in [2.05, 4.69) is 5.32 Å². The Labute approximate surface area is 92.2 Å². The van der Waals surface area contributed by atoms with Gasteiger partial charge in [-0.15, -0.1) is 0 Å². The molecular weight excluding hydrogens is 192 g/mol. The molecule has 0 aliphatic rings. The van der Waals surface area contributed by atoms with E-state index >= 15 is 0 Å². The van der Waals surface area contributed by atoms with Gasteiger partial charge in [0.15, 0.2) is 0 Å². The molecule has 0 heterocycles. The van der Waals surface area contributed by atoms with Crippen LogP contribution in [0.5, 0.6) is 0 Å². The summed E-state index contributed by atoms with van der Waals surface area (Å²) in [6.45, 7) is 4.82. The lowest BCUT2D eigenvalue weighted by molar-refractivity contribution is -0.122. The summed E-state index contributed by atoms with van der Waals surface area (Å²) in [6.07, 6.45) is 3.51. The number of carbonyl (C=O) groups is 1. The second kappa shape index (κ2) is 7.65. The molecule has 0 aromatic carbocycles. The molecule has 0 saturated carbocycles. The van der Waals surface area contributed by atoms with Crippen molar-refractivity contribution in [3.63, 3.8) is 0 Å². The minimum atomic E-state index is -0.747. The molecule has 0 bridgehead atoms. The predicted octanol–water partition coefficient (Wildman–Crippen LogP) is 0.783. The van der Waals surface area contributed by atoms with Gasteiger partial charge in [-0.3, -0.25) is 4.79 Å². The van der Waals surface area contributed by atoms with Gasteiger partial charge < -0.3 is 16.2 Å². The van der Waals surface area contributed by atoms with Gasteiger partial charge in [-0.25, -0.2) is 0 Å². The zero-order valence-electron chi connectivity index (χ0n) is 9.88. The van der Waals surface area contributed by atoms with Crippen LogP contribution in [-0.4, -0.2) is 29.7 Å². The Bertz CT molecular complexity index is 179. The second-order valence-electron chi connectivity index (χ2n) is 3.95. The Morgan fingerprint density at radius 2 is 1.93 bits per heavy atom. The van der Waals surface area contributed by atoms with E-state index in [1.54, 1.807) is 0 Å². The summed E-state index contributed by atoms with van der Waals surface area (Å²) in [5.74, 6) is 0.00350. The number of amides is 1. The highest BCUT2D eigenvalue weighted by molar-refractivity contribution is 5.75. The topological polar surface area (TPSA) is 75.3 Å². The number of unbranched alkanes of at least 4 members (excludes halogenated alkanes) is 1. The van der Waals surface area contributed by atoms with Crippen molar-refractivity contribution in [1.29, 1.82) is 0 Å². The molecule has 0 aliphatic heterocycles. The van der Waals surface area contributed by atoms with Crippen LogP contribution in [0.25, 0.3) is 0 Å². The third kappa shape index (κ3) is 6.47. The van der Waals surface area contributed by atoms with Crippen LogP contribution < -0.4 is 11.1 Å². The minimum absolute atomic E-state index is 0.00350. The normalized spacial score (nSPS) is 11.5. The van der Waals surface area contributed by atoms with Gasteiger partial charge >= 0.3 is 0 Å². The zero-order valence-corrected chi connectivity index (χ0v) is 9.88. The van der Waals surface area contributed by atoms with E-state index in [1.807, 2.05) is 13.8 Å². The summed E-state index contributed by atoms with van der Waals surface area (Å²) in [5.41, 5.74) is 4.58. The summed E-state index contributed by atoms with van der Waals surface area (Å²) in [4.78, 5) is 11.3. The quantitative estimate of drug-likeness (QED) is 0.525. The van der Waals surface area contributed by atoms with Crippen molar-refractivity contribution < 1.29 is 9.90 Å². The van der Waals surface area contributed by atoms with Crippen LogP contribution in [0.2, 0.25) is 0 Å². The predicted molar refractivity (Wildman–Crippen MR) is 61.4 cm³/mol. The number of rotatable bonds is 8. The fourth-order valence-corrected chi connectivity index (χ4v) is 1.28. The monoisotopic (exact) mass is 216 g/mol. The van der Waals surface area contributed by atoms with Crippen LogP contribution in [0.3, 0.4) is 0 Å². The lowest BCUT2D eigenvalue weighted by atomic mass is 9.97. The lowest BCUT2D eigenvalue weighted by Crippen LogP contribution is -2.41. The summed E-state index contributed by atoms with van der Waals surface area (Å²) in [6, 6.07) is 0. The zero-order chi connectivity index (χ0) is 11.7. The number of hydrogen-bond acceptors (Lipinski definition) is 3. The maximum absolute atomic E-state index is 11.3. The van der Waals surface area contributed by atoms with Gasteiger partial charge in [0.1, 0.15) is 0 Å². The molecule has 0 spiro atoms. The molecule has 0 fully saturated rings. The second-order valence-corrected chi connectivity index (χ2v) is 3.95. The Morgan fingerprint density at radius 3 is 2.40 bits per heavy atom. The third-order valence-electron chi connectivity index (χ3n) is 2.79. The van der Waals surface area contributed by atoms with Gasteiger partial charge in [-0.05, 0) is 32.2 Å². The largest absolute Gasteiger partial charge is 0.388 e. The summed E-state index contributed by atoms with van der Waals surface area (Å²) in [7, 11) is 0. The molecule has 4 nitrogen and oxygen atoms in total. The molecule has 4 N–H and O–H groups in total. The standard InChI is InChI=1S/C11H24N2O2/c1-3-11(15,4-2)9-13-10(14)7-5-6-8-12/h15H,3-9,12H2,1-2H3,(H,13,14). The van der Waals surface area contributed by atoms with Crippen LogP contribution in [0.1, 0.15) is 46.0 Å². The molecule has 0 aliphatic carbocycles. The molecule has 15 heavy (non-hydrogen) atoms. The molecule has 0 saturated heterocycles. The maximum atomic E-state index is 11.3. The van der Waals surface area contributed by atoms with Crippen molar-refractivity contribution in [2.45, 2.75) is 51.6 Å². The molecule has 4 heteroatoms. The van der Waals surface area contributed by atoms with E-state index in [0.717, 1.165) is 12.8 Å². The average Bonchev–Trinajstić information content (AvgIpc) is 2.26. The number of carbonyl (C=O) groups excluding carboxylic acids is 1. The highest BCUT2D eigenvalue weighted by Crippen LogP contribution is 2.12. The number of hydrogen-bond donors (Lipinski definition) is 3. The molecule has 0 radical (unpaired) electrons. The maximum Gasteiger partial charge on any atom is 0.220 e. The average molecular weight is 216 g/mol. The first kappa shape index (κ1) is 14.4. The Balaban J connectivity index is 3.69. The lowest BCUT2D eigenvalue weighted by Gasteiger charge is -2.25. The highest BCUT2D eigenvalue weighted by Gasteiger charge is 2.22. The van der Waals surface area contributed by atoms with E-state index in [0.29, 0.717) is 32.4 Å². The number of aliphatic hydroxyl groups is 1. The van der Waals surface area contributed by atoms with Gasteiger partial charge in [-0.1, -0.05) is 13.8 Å². The first-order valence-corrected chi connectivity index (χ1v) is 5.77. The first-order valence-electron chi connectivity index (χ1n) is 5.77. The van der Waals surface area contributed by atoms with E-state index in [4.69, 9.17) is 5.73 Å². The summed E-state index contributed by atoms with van der Waals surface area (Å²) >= 11 is 0. The van der Waals surface area contributed by atoms with Crippen LogP contribution in [0.15, 0.2) is 0 Å². The van der Waals surface area contributed by atoms with Gasteiger partial charge in [0, 0.05) is 13.0 Å². The first-order chi connectivity index (χ1) is 7.08. The highest BCUT2D eigenvalue weighted by atomic mass is 16.3. The van der Waals surface area contributed by atoms with Crippen molar-refractivity contribution in [3.8, 4) is 0 Å². The SMILES string of the molecule is CCC(O)(CC)CNC(=O)CCCCN. The summed E-state index contributed by atoms with van der Waals surface area (Å²) < 4.78 is 0. The van der Waals surface area contributed by atoms with Crippen LogP contribution in [0.4, 0.5) is 0 Å².